The Morgan fingerprint density at radius 3 is 2.35 bits per heavy atom. The molecule has 2 N–H and O–H groups in total. The third kappa shape index (κ3) is 4.31. The Hall–Kier alpha value is -1.44. The van der Waals surface area contributed by atoms with E-state index < -0.39 is 5.97 Å². The minimum atomic E-state index is -1.07. The van der Waals surface area contributed by atoms with E-state index in [-0.39, 0.29) is 34.9 Å². The summed E-state index contributed by atoms with van der Waals surface area (Å²) >= 11 is 2.48. The van der Waals surface area contributed by atoms with Gasteiger partial charge < -0.3 is 15.1 Å². The van der Waals surface area contributed by atoms with E-state index in [0.29, 0.717) is 11.5 Å². The first kappa shape index (κ1) is 17.9. The zero-order chi connectivity index (χ0) is 16.8. The van der Waals surface area contributed by atoms with Gasteiger partial charge in [-0.15, -0.1) is 23.5 Å². The number of carbonyl (C=O) groups excluding carboxylic acids is 1. The monoisotopic (exact) mass is 353 g/mol. The molecule has 23 heavy (non-hydrogen) atoms. The Morgan fingerprint density at radius 2 is 1.78 bits per heavy atom. The molecule has 0 fully saturated rings. The van der Waals surface area contributed by atoms with Gasteiger partial charge in [0.2, 0.25) is 0 Å². The normalized spacial score (nSPS) is 16.1. The average Bonchev–Trinajstić information content (AvgIpc) is 2.59. The highest BCUT2D eigenvalue weighted by Crippen LogP contribution is 2.36. The van der Waals surface area contributed by atoms with Crippen molar-refractivity contribution in [3.8, 4) is 0 Å². The summed E-state index contributed by atoms with van der Waals surface area (Å²) in [6, 6.07) is 9.26. The zero-order valence-electron chi connectivity index (χ0n) is 12.8. The van der Waals surface area contributed by atoms with Crippen LogP contribution in [0, 0.1) is 0 Å². The number of carboxylic acid groups (broad SMARTS) is 1. The first-order valence-corrected chi connectivity index (χ1v) is 9.23. The smallest absolute Gasteiger partial charge is 0.343 e. The van der Waals surface area contributed by atoms with E-state index in [9.17, 15) is 19.8 Å². The van der Waals surface area contributed by atoms with Gasteiger partial charge in [0.15, 0.2) is 0 Å². The van der Waals surface area contributed by atoms with Crippen molar-refractivity contribution in [2.75, 3.05) is 24.7 Å². The van der Waals surface area contributed by atoms with Crippen LogP contribution >= 0.6 is 23.5 Å². The number of carbonyl (C=O) groups is 2. The van der Waals surface area contributed by atoms with Gasteiger partial charge in [0.25, 0.3) is 5.91 Å². The molecule has 1 atom stereocenters. The second-order valence-electron chi connectivity index (χ2n) is 4.97. The first-order chi connectivity index (χ1) is 11.1. The predicted molar refractivity (Wildman–Crippen MR) is 93.2 cm³/mol. The van der Waals surface area contributed by atoms with E-state index in [1.165, 1.54) is 28.4 Å². The van der Waals surface area contributed by atoms with E-state index >= 15 is 0 Å². The van der Waals surface area contributed by atoms with Crippen molar-refractivity contribution in [3.05, 3.63) is 45.7 Å². The lowest BCUT2D eigenvalue weighted by molar-refractivity contribution is -0.133. The van der Waals surface area contributed by atoms with Crippen molar-refractivity contribution in [1.82, 2.24) is 4.90 Å². The molecule has 1 heterocycles. The summed E-state index contributed by atoms with van der Waals surface area (Å²) in [5.41, 5.74) is 0.945. The Labute approximate surface area is 143 Å². The fourth-order valence-corrected chi connectivity index (χ4v) is 4.59. The van der Waals surface area contributed by atoms with Gasteiger partial charge in [-0.25, -0.2) is 4.79 Å². The van der Waals surface area contributed by atoms with E-state index in [1.807, 2.05) is 37.3 Å². The summed E-state index contributed by atoms with van der Waals surface area (Å²) in [5, 5.41) is 18.6. The number of nitrogens with zero attached hydrogens (tertiary/aromatic N) is 1. The van der Waals surface area contributed by atoms with E-state index in [0.717, 1.165) is 5.56 Å². The van der Waals surface area contributed by atoms with Gasteiger partial charge in [-0.2, -0.15) is 0 Å². The van der Waals surface area contributed by atoms with Gasteiger partial charge in [0.1, 0.15) is 4.91 Å². The minimum absolute atomic E-state index is 0.106. The van der Waals surface area contributed by atoms with E-state index in [2.05, 4.69) is 0 Å². The van der Waals surface area contributed by atoms with Gasteiger partial charge in [0.05, 0.1) is 17.6 Å². The molecule has 5 nitrogen and oxygen atoms in total. The predicted octanol–water partition coefficient (Wildman–Crippen LogP) is 2.34. The molecule has 0 saturated carbocycles. The molecule has 0 spiro atoms. The lowest BCUT2D eigenvalue weighted by atomic mass is 10.1. The lowest BCUT2D eigenvalue weighted by Crippen LogP contribution is -2.37. The minimum Gasteiger partial charge on any atom is -0.477 e. The van der Waals surface area contributed by atoms with Crippen LogP contribution in [0.4, 0.5) is 0 Å². The number of aliphatic carboxylic acids is 1. The van der Waals surface area contributed by atoms with Crippen LogP contribution in [0.3, 0.4) is 0 Å². The van der Waals surface area contributed by atoms with Crippen molar-refractivity contribution in [2.45, 2.75) is 13.0 Å². The summed E-state index contributed by atoms with van der Waals surface area (Å²) in [6.45, 7) is 1.87. The van der Waals surface area contributed by atoms with Crippen LogP contribution < -0.4 is 0 Å². The summed E-state index contributed by atoms with van der Waals surface area (Å²) in [5.74, 6) is -0.0150. The zero-order valence-corrected chi connectivity index (χ0v) is 14.4. The summed E-state index contributed by atoms with van der Waals surface area (Å²) in [4.78, 5) is 26.2. The van der Waals surface area contributed by atoms with Crippen molar-refractivity contribution < 1.29 is 19.8 Å². The van der Waals surface area contributed by atoms with E-state index in [1.54, 1.807) is 0 Å². The number of thioether (sulfide) groups is 2. The van der Waals surface area contributed by atoms with Gasteiger partial charge >= 0.3 is 5.97 Å². The quantitative estimate of drug-likeness (QED) is 0.817. The van der Waals surface area contributed by atoms with Crippen molar-refractivity contribution in [2.24, 2.45) is 0 Å². The van der Waals surface area contributed by atoms with Crippen molar-refractivity contribution in [1.29, 1.82) is 0 Å². The first-order valence-electron chi connectivity index (χ1n) is 7.26. The SMILES string of the molecule is C[C@@H](c1ccccc1)N(CCO)C(=O)C1=C(C(=O)O)SCCS1. The number of hydrogen-bond donors (Lipinski definition) is 2. The fourth-order valence-electron chi connectivity index (χ4n) is 2.36. The third-order valence-electron chi connectivity index (χ3n) is 3.52. The molecule has 2 rings (SSSR count). The molecule has 0 saturated heterocycles. The standard InChI is InChI=1S/C16H19NO4S2/c1-11(12-5-3-2-4-6-12)17(7-8-18)15(19)13-14(16(20)21)23-10-9-22-13/h2-6,11,18H,7-10H2,1H3,(H,20,21)/t11-/m0/s1. The molecule has 1 amide bonds. The Kier molecular flexibility index (Phi) is 6.56. The molecule has 0 aromatic heterocycles. The molecule has 124 valence electrons. The van der Waals surface area contributed by atoms with Crippen LogP contribution in [0.25, 0.3) is 0 Å². The summed E-state index contributed by atoms with van der Waals surface area (Å²) < 4.78 is 0. The molecule has 1 aliphatic heterocycles. The van der Waals surface area contributed by atoms with Crippen LogP contribution in [0.2, 0.25) is 0 Å². The van der Waals surface area contributed by atoms with Crippen LogP contribution in [-0.2, 0) is 9.59 Å². The molecular weight excluding hydrogens is 334 g/mol. The largest absolute Gasteiger partial charge is 0.477 e. The maximum Gasteiger partial charge on any atom is 0.343 e. The molecule has 1 aromatic rings. The molecule has 7 heteroatoms. The summed E-state index contributed by atoms with van der Waals surface area (Å²) in [6.07, 6.45) is 0. The highest BCUT2D eigenvalue weighted by Gasteiger charge is 2.30. The maximum atomic E-state index is 12.9. The number of benzene rings is 1. The van der Waals surface area contributed by atoms with Gasteiger partial charge in [0, 0.05) is 18.1 Å². The maximum absolute atomic E-state index is 12.9. The molecular formula is C16H19NO4S2. The number of rotatable bonds is 6. The highest BCUT2D eigenvalue weighted by atomic mass is 32.2. The second-order valence-corrected chi connectivity index (χ2v) is 7.18. The topological polar surface area (TPSA) is 77.8 Å². The van der Waals surface area contributed by atoms with Gasteiger partial charge in [-0.1, -0.05) is 30.3 Å². The Bertz CT molecular complexity index is 603. The second kappa shape index (κ2) is 8.42. The van der Waals surface area contributed by atoms with Crippen LogP contribution in [0.5, 0.6) is 0 Å². The third-order valence-corrected chi connectivity index (χ3v) is 6.06. The van der Waals surface area contributed by atoms with E-state index in [4.69, 9.17) is 0 Å². The van der Waals surface area contributed by atoms with Crippen LogP contribution in [0.15, 0.2) is 40.1 Å². The highest BCUT2D eigenvalue weighted by molar-refractivity contribution is 8.11. The Balaban J connectivity index is 2.33. The molecule has 1 aliphatic rings. The molecule has 0 bridgehead atoms. The van der Waals surface area contributed by atoms with Gasteiger partial charge in [-0.3, -0.25) is 4.79 Å². The van der Waals surface area contributed by atoms with Crippen LogP contribution in [-0.4, -0.2) is 51.6 Å². The average molecular weight is 353 g/mol. The number of hydrogen-bond acceptors (Lipinski definition) is 5. The van der Waals surface area contributed by atoms with Gasteiger partial charge in [-0.05, 0) is 12.5 Å². The number of amides is 1. The molecule has 0 radical (unpaired) electrons. The lowest BCUT2D eigenvalue weighted by Gasteiger charge is -2.31. The number of aliphatic hydroxyl groups is 1. The number of aliphatic hydroxyl groups excluding tert-OH is 1. The fraction of sp³-hybridized carbons (Fsp3) is 0.375. The van der Waals surface area contributed by atoms with Crippen molar-refractivity contribution >= 4 is 35.4 Å². The Morgan fingerprint density at radius 1 is 1.17 bits per heavy atom. The molecule has 0 aliphatic carbocycles. The summed E-state index contributed by atoms with van der Waals surface area (Å²) in [7, 11) is 0. The van der Waals surface area contributed by atoms with Crippen molar-refractivity contribution in [3.63, 3.8) is 0 Å². The van der Waals surface area contributed by atoms with Crippen LogP contribution in [0.1, 0.15) is 18.5 Å². The number of carboxylic acids is 1. The molecule has 0 unspecified atom stereocenters. The molecule has 1 aromatic carbocycles.